The summed E-state index contributed by atoms with van der Waals surface area (Å²) in [6.45, 7) is 1.92. The third-order valence-electron chi connectivity index (χ3n) is 3.68. The molecular weight excluding hydrogens is 333 g/mol. The first-order valence-corrected chi connectivity index (χ1v) is 7.50. The Morgan fingerprint density at radius 1 is 1.04 bits per heavy atom. The standard InChI is InChI=1S/C18H17F3N2O2/c1-11-2-4-12(5-3-11)10-15(16(22)24)23-17(25)13-6-8-14(9-7-13)18(19,20)21/h2-9,15H,10H2,1H3,(H2,22,24)(H,23,25)/t15-/m1/s1. The monoisotopic (exact) mass is 350 g/mol. The Kier molecular flexibility index (Phi) is 5.46. The SMILES string of the molecule is Cc1ccc(C[C@@H](NC(=O)c2ccc(C(F)(F)F)cc2)C(N)=O)cc1. The average molecular weight is 350 g/mol. The molecule has 1 atom stereocenters. The topological polar surface area (TPSA) is 72.2 Å². The highest BCUT2D eigenvalue weighted by molar-refractivity contribution is 5.97. The fraction of sp³-hybridized carbons (Fsp3) is 0.222. The van der Waals surface area contributed by atoms with E-state index in [0.29, 0.717) is 0 Å². The molecule has 0 fully saturated rings. The smallest absolute Gasteiger partial charge is 0.368 e. The summed E-state index contributed by atoms with van der Waals surface area (Å²) < 4.78 is 37.6. The molecular formula is C18H17F3N2O2. The zero-order valence-electron chi connectivity index (χ0n) is 13.4. The molecule has 2 amide bonds. The second kappa shape index (κ2) is 7.38. The summed E-state index contributed by atoms with van der Waals surface area (Å²) in [4.78, 5) is 23.7. The van der Waals surface area contributed by atoms with Crippen molar-refractivity contribution in [3.8, 4) is 0 Å². The van der Waals surface area contributed by atoms with Crippen LogP contribution in [0.4, 0.5) is 13.2 Å². The number of carbonyl (C=O) groups is 2. The average Bonchev–Trinajstić information content (AvgIpc) is 2.55. The number of hydrogen-bond donors (Lipinski definition) is 2. The van der Waals surface area contributed by atoms with Crippen molar-refractivity contribution >= 4 is 11.8 Å². The maximum absolute atomic E-state index is 12.5. The van der Waals surface area contributed by atoms with Crippen LogP contribution in [0.2, 0.25) is 0 Å². The second-order valence-electron chi connectivity index (χ2n) is 5.69. The van der Waals surface area contributed by atoms with Crippen molar-refractivity contribution in [1.82, 2.24) is 5.32 Å². The van der Waals surface area contributed by atoms with Gasteiger partial charge in [0.05, 0.1) is 5.56 Å². The molecule has 4 nitrogen and oxygen atoms in total. The Morgan fingerprint density at radius 2 is 1.60 bits per heavy atom. The van der Waals surface area contributed by atoms with Crippen LogP contribution in [0.3, 0.4) is 0 Å². The van der Waals surface area contributed by atoms with Crippen molar-refractivity contribution in [1.29, 1.82) is 0 Å². The van der Waals surface area contributed by atoms with E-state index in [1.807, 2.05) is 31.2 Å². The molecule has 0 aliphatic rings. The zero-order chi connectivity index (χ0) is 18.6. The number of carbonyl (C=O) groups excluding carboxylic acids is 2. The van der Waals surface area contributed by atoms with Gasteiger partial charge >= 0.3 is 6.18 Å². The Labute approximate surface area is 142 Å². The normalized spacial score (nSPS) is 12.5. The summed E-state index contributed by atoms with van der Waals surface area (Å²) >= 11 is 0. The van der Waals surface area contributed by atoms with Gasteiger partial charge in [-0.05, 0) is 36.8 Å². The van der Waals surface area contributed by atoms with Gasteiger partial charge in [-0.1, -0.05) is 29.8 Å². The highest BCUT2D eigenvalue weighted by atomic mass is 19.4. The Bertz CT molecular complexity index is 753. The van der Waals surface area contributed by atoms with Crippen molar-refractivity contribution in [2.24, 2.45) is 5.73 Å². The Morgan fingerprint density at radius 3 is 2.08 bits per heavy atom. The van der Waals surface area contributed by atoms with Crippen LogP contribution in [0.1, 0.15) is 27.0 Å². The number of nitrogens with one attached hydrogen (secondary N) is 1. The number of benzene rings is 2. The molecule has 0 unspecified atom stereocenters. The minimum atomic E-state index is -4.48. The molecule has 0 bridgehead atoms. The molecule has 0 aliphatic heterocycles. The number of amides is 2. The van der Waals surface area contributed by atoms with Crippen molar-refractivity contribution in [2.45, 2.75) is 25.6 Å². The van der Waals surface area contributed by atoms with Gasteiger partial charge in [-0.2, -0.15) is 13.2 Å². The van der Waals surface area contributed by atoms with Crippen molar-refractivity contribution in [3.05, 3.63) is 70.8 Å². The summed E-state index contributed by atoms with van der Waals surface area (Å²) in [6.07, 6.45) is -4.28. The number of primary amides is 1. The molecule has 0 aromatic heterocycles. The van der Waals surface area contributed by atoms with Crippen molar-refractivity contribution in [2.75, 3.05) is 0 Å². The van der Waals surface area contributed by atoms with Crippen LogP contribution in [0.25, 0.3) is 0 Å². The van der Waals surface area contributed by atoms with Crippen LogP contribution in [-0.2, 0) is 17.4 Å². The van der Waals surface area contributed by atoms with Crippen molar-refractivity contribution in [3.63, 3.8) is 0 Å². The van der Waals surface area contributed by atoms with E-state index in [4.69, 9.17) is 5.73 Å². The molecule has 2 rings (SSSR count). The van der Waals surface area contributed by atoms with Crippen molar-refractivity contribution < 1.29 is 22.8 Å². The van der Waals surface area contributed by atoms with E-state index < -0.39 is 29.6 Å². The van der Waals surface area contributed by atoms with Gasteiger partial charge in [-0.3, -0.25) is 9.59 Å². The van der Waals surface area contributed by atoms with E-state index in [2.05, 4.69) is 5.32 Å². The van der Waals surface area contributed by atoms with E-state index in [-0.39, 0.29) is 12.0 Å². The van der Waals surface area contributed by atoms with Crippen LogP contribution >= 0.6 is 0 Å². The molecule has 0 saturated carbocycles. The maximum atomic E-state index is 12.5. The van der Waals surface area contributed by atoms with Crippen LogP contribution in [0, 0.1) is 6.92 Å². The molecule has 7 heteroatoms. The van der Waals surface area contributed by atoms with Gasteiger partial charge < -0.3 is 11.1 Å². The first-order chi connectivity index (χ1) is 11.7. The summed E-state index contributed by atoms with van der Waals surface area (Å²) in [7, 11) is 0. The Balaban J connectivity index is 2.09. The quantitative estimate of drug-likeness (QED) is 0.870. The molecule has 3 N–H and O–H groups in total. The molecule has 0 aliphatic carbocycles. The van der Waals surface area contributed by atoms with Crippen LogP contribution in [0.15, 0.2) is 48.5 Å². The highest BCUT2D eigenvalue weighted by Crippen LogP contribution is 2.29. The third-order valence-corrected chi connectivity index (χ3v) is 3.68. The number of aryl methyl sites for hydroxylation is 1. The number of halogens is 3. The number of hydrogen-bond acceptors (Lipinski definition) is 2. The molecule has 0 saturated heterocycles. The van der Waals surface area contributed by atoms with E-state index in [1.165, 1.54) is 0 Å². The summed E-state index contributed by atoms with van der Waals surface area (Å²) in [5.74, 6) is -1.38. The third kappa shape index (κ3) is 5.07. The minimum Gasteiger partial charge on any atom is -0.368 e. The summed E-state index contributed by atoms with van der Waals surface area (Å²) in [6, 6.07) is 10.1. The molecule has 25 heavy (non-hydrogen) atoms. The predicted molar refractivity (Wildman–Crippen MR) is 86.8 cm³/mol. The van der Waals surface area contributed by atoms with E-state index >= 15 is 0 Å². The van der Waals surface area contributed by atoms with Gasteiger partial charge in [0.1, 0.15) is 6.04 Å². The van der Waals surface area contributed by atoms with Gasteiger partial charge in [0.15, 0.2) is 0 Å². The molecule has 0 spiro atoms. The van der Waals surface area contributed by atoms with Gasteiger partial charge in [-0.15, -0.1) is 0 Å². The minimum absolute atomic E-state index is 0.0168. The van der Waals surface area contributed by atoms with E-state index in [1.54, 1.807) is 0 Å². The van der Waals surface area contributed by atoms with Gasteiger partial charge in [0, 0.05) is 12.0 Å². The number of rotatable bonds is 5. The lowest BCUT2D eigenvalue weighted by atomic mass is 10.0. The Hall–Kier alpha value is -2.83. The molecule has 0 radical (unpaired) electrons. The van der Waals surface area contributed by atoms with E-state index in [0.717, 1.165) is 35.4 Å². The fourth-order valence-electron chi connectivity index (χ4n) is 2.23. The fourth-order valence-corrected chi connectivity index (χ4v) is 2.23. The van der Waals surface area contributed by atoms with Gasteiger partial charge in [0.2, 0.25) is 5.91 Å². The predicted octanol–water partition coefficient (Wildman–Crippen LogP) is 2.84. The van der Waals surface area contributed by atoms with E-state index in [9.17, 15) is 22.8 Å². The van der Waals surface area contributed by atoms with Gasteiger partial charge in [0.25, 0.3) is 5.91 Å². The summed E-state index contributed by atoms with van der Waals surface area (Å²) in [5.41, 5.74) is 6.34. The molecule has 2 aromatic rings. The number of nitrogens with two attached hydrogens (primary N) is 1. The first-order valence-electron chi connectivity index (χ1n) is 7.50. The second-order valence-corrected chi connectivity index (χ2v) is 5.69. The first kappa shape index (κ1) is 18.5. The lowest BCUT2D eigenvalue weighted by Crippen LogP contribution is -2.45. The van der Waals surface area contributed by atoms with Gasteiger partial charge in [-0.25, -0.2) is 0 Å². The van der Waals surface area contributed by atoms with Crippen LogP contribution < -0.4 is 11.1 Å². The molecule has 2 aromatic carbocycles. The largest absolute Gasteiger partial charge is 0.416 e. The number of alkyl halides is 3. The summed E-state index contributed by atoms with van der Waals surface area (Å²) in [5, 5.41) is 2.46. The van der Waals surface area contributed by atoms with Crippen LogP contribution in [-0.4, -0.2) is 17.9 Å². The maximum Gasteiger partial charge on any atom is 0.416 e. The lowest BCUT2D eigenvalue weighted by Gasteiger charge is -2.16. The van der Waals surface area contributed by atoms with Crippen LogP contribution in [0.5, 0.6) is 0 Å². The molecule has 132 valence electrons. The highest BCUT2D eigenvalue weighted by Gasteiger charge is 2.30. The zero-order valence-corrected chi connectivity index (χ0v) is 13.4. The lowest BCUT2D eigenvalue weighted by molar-refractivity contribution is -0.137. The molecule has 0 heterocycles.